The second kappa shape index (κ2) is 8.89. The lowest BCUT2D eigenvalue weighted by atomic mass is 9.60. The summed E-state index contributed by atoms with van der Waals surface area (Å²) in [5.41, 5.74) is -4.04. The van der Waals surface area contributed by atoms with Crippen LogP contribution in [0.15, 0.2) is 34.9 Å². The quantitative estimate of drug-likeness (QED) is 0.279. The van der Waals surface area contributed by atoms with Gasteiger partial charge in [0.05, 0.1) is 18.1 Å². The van der Waals surface area contributed by atoms with Crippen molar-refractivity contribution in [1.29, 1.82) is 0 Å². The zero-order chi connectivity index (χ0) is 27.7. The predicted molar refractivity (Wildman–Crippen MR) is 135 cm³/mol. The Kier molecular flexibility index (Phi) is 6.66. The standard InChI is InChI=1S/C29H40O8/c1-8-16(4)25(33)37-28-11-18(6)29(35)20(22(28)26(28,7)14-36-24(32)15(2)3)10-19(13-30)12-27(34)21(29)9-17(5)23(27)31/h8-10,15,18,20-22,30,34-35H,11-14H2,1-7H3/b16-8+/t18-,20+,21-,22-,26-,27-,28+,29-/m1/s1. The second-order valence-corrected chi connectivity index (χ2v) is 12.2. The van der Waals surface area contributed by atoms with Gasteiger partial charge in [0, 0.05) is 35.2 Å². The van der Waals surface area contributed by atoms with E-state index in [0.29, 0.717) is 16.7 Å². The van der Waals surface area contributed by atoms with Crippen LogP contribution in [0, 0.1) is 35.0 Å². The molecule has 37 heavy (non-hydrogen) atoms. The number of ether oxygens (including phenoxy) is 2. The molecule has 0 bridgehead atoms. The van der Waals surface area contributed by atoms with Crippen molar-refractivity contribution < 1.29 is 39.2 Å². The number of rotatable bonds is 6. The maximum atomic E-state index is 13.1. The number of allylic oxidation sites excluding steroid dienone is 1. The smallest absolute Gasteiger partial charge is 0.333 e. The van der Waals surface area contributed by atoms with Gasteiger partial charge in [-0.15, -0.1) is 0 Å². The van der Waals surface area contributed by atoms with Gasteiger partial charge in [-0.2, -0.15) is 0 Å². The molecule has 3 N–H and O–H groups in total. The number of carbonyl (C=O) groups is 3. The van der Waals surface area contributed by atoms with Gasteiger partial charge in [0.25, 0.3) is 0 Å². The monoisotopic (exact) mass is 516 g/mol. The molecule has 204 valence electrons. The lowest BCUT2D eigenvalue weighted by Crippen LogP contribution is -2.61. The van der Waals surface area contributed by atoms with Crippen molar-refractivity contribution in [3.05, 3.63) is 34.9 Å². The Labute approximate surface area is 218 Å². The van der Waals surface area contributed by atoms with Crippen molar-refractivity contribution in [2.45, 2.75) is 78.1 Å². The van der Waals surface area contributed by atoms with Crippen molar-refractivity contribution >= 4 is 17.7 Å². The predicted octanol–water partition coefficient (Wildman–Crippen LogP) is 2.66. The van der Waals surface area contributed by atoms with Crippen LogP contribution in [0.5, 0.6) is 0 Å². The Hall–Kier alpha value is -2.29. The molecule has 8 heteroatoms. The van der Waals surface area contributed by atoms with E-state index in [1.165, 1.54) is 0 Å². The molecule has 0 aromatic carbocycles. The van der Waals surface area contributed by atoms with Gasteiger partial charge in [-0.1, -0.05) is 45.9 Å². The summed E-state index contributed by atoms with van der Waals surface area (Å²) in [6.07, 6.45) is 5.25. The molecule has 0 amide bonds. The molecule has 0 radical (unpaired) electrons. The summed E-state index contributed by atoms with van der Waals surface area (Å²) < 4.78 is 11.9. The Balaban J connectivity index is 1.85. The van der Waals surface area contributed by atoms with Crippen molar-refractivity contribution in [2.75, 3.05) is 13.2 Å². The average Bonchev–Trinajstić information content (AvgIpc) is 3.29. The van der Waals surface area contributed by atoms with E-state index in [9.17, 15) is 29.7 Å². The van der Waals surface area contributed by atoms with Gasteiger partial charge in [0.15, 0.2) is 5.78 Å². The largest absolute Gasteiger partial charge is 0.465 e. The van der Waals surface area contributed by atoms with Crippen LogP contribution in [-0.2, 0) is 23.9 Å². The first kappa shape index (κ1) is 27.7. The topological polar surface area (TPSA) is 130 Å². The van der Waals surface area contributed by atoms with E-state index < -0.39 is 64.2 Å². The molecule has 0 unspecified atom stereocenters. The fraction of sp³-hybridized carbons (Fsp3) is 0.690. The molecule has 4 rings (SSSR count). The van der Waals surface area contributed by atoms with Crippen molar-refractivity contribution in [3.63, 3.8) is 0 Å². The Bertz CT molecular complexity index is 1120. The Morgan fingerprint density at radius 1 is 1.24 bits per heavy atom. The van der Waals surface area contributed by atoms with Crippen LogP contribution in [0.25, 0.3) is 0 Å². The van der Waals surface area contributed by atoms with Crippen molar-refractivity contribution in [2.24, 2.45) is 35.0 Å². The summed E-state index contributed by atoms with van der Waals surface area (Å²) in [7, 11) is 0. The van der Waals surface area contributed by atoms with Gasteiger partial charge in [-0.3, -0.25) is 9.59 Å². The molecule has 0 saturated heterocycles. The number of Topliss-reactive ketones (excluding diaryl/α,β-unsaturated/α-hetero) is 1. The van der Waals surface area contributed by atoms with Crippen molar-refractivity contribution in [3.8, 4) is 0 Å². The molecule has 8 nitrogen and oxygen atoms in total. The van der Waals surface area contributed by atoms with Gasteiger partial charge in [-0.05, 0) is 44.3 Å². The lowest BCUT2D eigenvalue weighted by Gasteiger charge is -2.50. The first-order chi connectivity index (χ1) is 17.1. The summed E-state index contributed by atoms with van der Waals surface area (Å²) >= 11 is 0. The molecule has 4 aliphatic carbocycles. The zero-order valence-corrected chi connectivity index (χ0v) is 22.8. The minimum absolute atomic E-state index is 0.0127. The number of carbonyl (C=O) groups excluding carboxylic acids is 3. The van der Waals surface area contributed by atoms with E-state index in [-0.39, 0.29) is 31.3 Å². The third kappa shape index (κ3) is 3.70. The molecule has 0 aromatic heterocycles. The number of hydrogen-bond acceptors (Lipinski definition) is 8. The maximum absolute atomic E-state index is 13.1. The number of ketones is 1. The Morgan fingerprint density at radius 3 is 2.46 bits per heavy atom. The van der Waals surface area contributed by atoms with Gasteiger partial charge in [-0.25, -0.2) is 4.79 Å². The van der Waals surface area contributed by atoms with E-state index in [0.717, 1.165) is 0 Å². The highest BCUT2D eigenvalue weighted by molar-refractivity contribution is 6.04. The molecular formula is C29H40O8. The van der Waals surface area contributed by atoms with Crippen LogP contribution in [0.1, 0.15) is 61.3 Å². The summed E-state index contributed by atoms with van der Waals surface area (Å²) in [5.74, 6) is -4.19. The summed E-state index contributed by atoms with van der Waals surface area (Å²) in [6, 6.07) is 0. The van der Waals surface area contributed by atoms with Gasteiger partial charge < -0.3 is 24.8 Å². The first-order valence-corrected chi connectivity index (χ1v) is 13.1. The minimum Gasteiger partial charge on any atom is -0.465 e. The minimum atomic E-state index is -1.87. The van der Waals surface area contributed by atoms with E-state index >= 15 is 0 Å². The third-order valence-corrected chi connectivity index (χ3v) is 9.68. The van der Waals surface area contributed by atoms with Gasteiger partial charge >= 0.3 is 11.9 Å². The van der Waals surface area contributed by atoms with E-state index in [1.807, 2.05) is 13.8 Å². The number of aliphatic hydroxyl groups is 3. The van der Waals surface area contributed by atoms with Crippen LogP contribution in [0.4, 0.5) is 0 Å². The molecule has 0 spiro atoms. The second-order valence-electron chi connectivity index (χ2n) is 12.2. The van der Waals surface area contributed by atoms with Crippen LogP contribution < -0.4 is 0 Å². The number of esters is 2. The van der Waals surface area contributed by atoms with E-state index in [2.05, 4.69) is 0 Å². The van der Waals surface area contributed by atoms with Crippen LogP contribution >= 0.6 is 0 Å². The van der Waals surface area contributed by atoms with Crippen molar-refractivity contribution in [1.82, 2.24) is 0 Å². The highest BCUT2D eigenvalue weighted by Crippen LogP contribution is 2.76. The molecule has 0 aliphatic heterocycles. The summed E-state index contributed by atoms with van der Waals surface area (Å²) in [6.45, 7) is 11.9. The van der Waals surface area contributed by atoms with Gasteiger partial charge in [0.2, 0.25) is 0 Å². The van der Waals surface area contributed by atoms with Crippen LogP contribution in [0.3, 0.4) is 0 Å². The highest BCUT2D eigenvalue weighted by atomic mass is 16.6. The summed E-state index contributed by atoms with van der Waals surface area (Å²) in [5, 5.41) is 34.3. The first-order valence-electron chi connectivity index (χ1n) is 13.1. The summed E-state index contributed by atoms with van der Waals surface area (Å²) in [4.78, 5) is 38.6. The Morgan fingerprint density at radius 2 is 1.89 bits per heavy atom. The molecular weight excluding hydrogens is 476 g/mol. The highest BCUT2D eigenvalue weighted by Gasteiger charge is 2.85. The molecule has 2 fully saturated rings. The fourth-order valence-electron chi connectivity index (χ4n) is 7.37. The molecule has 8 atom stereocenters. The van der Waals surface area contributed by atoms with E-state index in [4.69, 9.17) is 9.47 Å². The third-order valence-electron chi connectivity index (χ3n) is 9.68. The number of hydrogen-bond donors (Lipinski definition) is 3. The van der Waals surface area contributed by atoms with E-state index in [1.54, 1.807) is 52.8 Å². The molecule has 4 aliphatic rings. The average molecular weight is 517 g/mol. The molecule has 0 heterocycles. The normalized spacial score (nSPS) is 42.7. The zero-order valence-electron chi connectivity index (χ0n) is 22.8. The molecule has 2 saturated carbocycles. The molecule has 0 aromatic rings. The number of fused-ring (bicyclic) bond motifs is 5. The van der Waals surface area contributed by atoms with Gasteiger partial charge in [0.1, 0.15) is 17.8 Å². The maximum Gasteiger partial charge on any atom is 0.333 e. The lowest BCUT2D eigenvalue weighted by molar-refractivity contribution is -0.185. The number of aliphatic hydroxyl groups excluding tert-OH is 1. The van der Waals surface area contributed by atoms with Crippen LogP contribution in [-0.4, -0.2) is 63.1 Å². The fourth-order valence-corrected chi connectivity index (χ4v) is 7.37. The SMILES string of the molecule is C/C=C(\C)C(=O)O[C@@]12C[C@@H](C)[C@@]3(O)[C@@H](C=C(CO)C[C@]4(O)C(=O)C(C)=C[C@@H]34)[C@@H]1[C@@]2(C)COC(=O)C(C)C. The van der Waals surface area contributed by atoms with Crippen LogP contribution in [0.2, 0.25) is 0 Å².